The molecule has 2 heterocycles. The fraction of sp³-hybridized carbons (Fsp3) is 0.278. The van der Waals surface area contributed by atoms with Gasteiger partial charge in [0.15, 0.2) is 10.9 Å². The van der Waals surface area contributed by atoms with E-state index in [0.717, 1.165) is 16.9 Å². The SMILES string of the molecule is COc1c(C)cnc(C[S@@](=O)c2nc3ccc(C(C)=O)cc3[nH]2)c1C. The molecule has 0 radical (unpaired) electrons. The van der Waals surface area contributed by atoms with Gasteiger partial charge in [-0.2, -0.15) is 0 Å². The van der Waals surface area contributed by atoms with Crippen molar-refractivity contribution in [1.29, 1.82) is 0 Å². The molecule has 25 heavy (non-hydrogen) atoms. The number of ketones is 1. The van der Waals surface area contributed by atoms with Gasteiger partial charge in [0.05, 0.1) is 40.4 Å². The molecule has 6 nitrogen and oxygen atoms in total. The third-order valence-corrected chi connectivity index (χ3v) is 5.26. The highest BCUT2D eigenvalue weighted by molar-refractivity contribution is 7.84. The average Bonchev–Trinajstić information content (AvgIpc) is 3.01. The molecule has 0 unspecified atom stereocenters. The maximum atomic E-state index is 12.7. The molecule has 0 saturated carbocycles. The Bertz CT molecular complexity index is 995. The average molecular weight is 357 g/mol. The molecule has 0 spiro atoms. The lowest BCUT2D eigenvalue weighted by atomic mass is 10.1. The molecule has 0 fully saturated rings. The maximum Gasteiger partial charge on any atom is 0.197 e. The number of carbonyl (C=O) groups excluding carboxylic acids is 1. The number of rotatable bonds is 5. The predicted octanol–water partition coefficient (Wildman–Crippen LogP) is 3.09. The van der Waals surface area contributed by atoms with Gasteiger partial charge in [0.25, 0.3) is 0 Å². The van der Waals surface area contributed by atoms with Crippen molar-refractivity contribution < 1.29 is 13.7 Å². The Balaban J connectivity index is 1.91. The van der Waals surface area contributed by atoms with Crippen LogP contribution < -0.4 is 4.74 Å². The van der Waals surface area contributed by atoms with Crippen molar-refractivity contribution >= 4 is 27.6 Å². The van der Waals surface area contributed by atoms with Gasteiger partial charge in [-0.3, -0.25) is 14.0 Å². The molecule has 1 N–H and O–H groups in total. The van der Waals surface area contributed by atoms with Crippen molar-refractivity contribution in [3.63, 3.8) is 0 Å². The molecule has 0 aliphatic carbocycles. The van der Waals surface area contributed by atoms with Crippen LogP contribution in [0.5, 0.6) is 5.75 Å². The zero-order chi connectivity index (χ0) is 18.1. The Morgan fingerprint density at radius 3 is 2.76 bits per heavy atom. The lowest BCUT2D eigenvalue weighted by Crippen LogP contribution is -2.05. The van der Waals surface area contributed by atoms with Crippen LogP contribution in [0.2, 0.25) is 0 Å². The number of fused-ring (bicyclic) bond motifs is 1. The third kappa shape index (κ3) is 3.32. The largest absolute Gasteiger partial charge is 0.496 e. The molecule has 0 amide bonds. The Morgan fingerprint density at radius 1 is 1.32 bits per heavy atom. The van der Waals surface area contributed by atoms with Crippen molar-refractivity contribution in [2.45, 2.75) is 31.7 Å². The van der Waals surface area contributed by atoms with Crippen LogP contribution in [0.4, 0.5) is 0 Å². The number of methoxy groups -OCH3 is 1. The summed E-state index contributed by atoms with van der Waals surface area (Å²) >= 11 is 0. The number of benzene rings is 1. The van der Waals surface area contributed by atoms with Gasteiger partial charge in [-0.1, -0.05) is 0 Å². The van der Waals surface area contributed by atoms with Crippen LogP contribution in [-0.2, 0) is 16.6 Å². The number of imidazole rings is 1. The van der Waals surface area contributed by atoms with Crippen LogP contribution in [0.3, 0.4) is 0 Å². The molecule has 0 aliphatic heterocycles. The molecule has 3 aromatic rings. The quantitative estimate of drug-likeness (QED) is 0.709. The molecule has 1 atom stereocenters. The van der Waals surface area contributed by atoms with E-state index < -0.39 is 10.8 Å². The Hall–Kier alpha value is -2.54. The summed E-state index contributed by atoms with van der Waals surface area (Å²) < 4.78 is 18.1. The standard InChI is InChI=1S/C18H19N3O3S/c1-10-8-19-16(11(2)17(10)24-4)9-25(23)18-20-14-6-5-13(12(3)22)7-15(14)21-18/h5-8H,9H2,1-4H3,(H,20,21)/t25-/m1/s1. The van der Waals surface area contributed by atoms with Gasteiger partial charge in [-0.25, -0.2) is 4.98 Å². The van der Waals surface area contributed by atoms with E-state index >= 15 is 0 Å². The van der Waals surface area contributed by atoms with E-state index in [1.54, 1.807) is 31.5 Å². The van der Waals surface area contributed by atoms with Gasteiger partial charge < -0.3 is 9.72 Å². The van der Waals surface area contributed by atoms with Gasteiger partial charge in [-0.15, -0.1) is 0 Å². The van der Waals surface area contributed by atoms with Crippen molar-refractivity contribution in [3.8, 4) is 5.75 Å². The number of ether oxygens (including phenoxy) is 1. The van der Waals surface area contributed by atoms with Crippen molar-refractivity contribution in [2.75, 3.05) is 7.11 Å². The van der Waals surface area contributed by atoms with E-state index in [-0.39, 0.29) is 11.5 Å². The minimum Gasteiger partial charge on any atom is -0.496 e. The first-order valence-electron chi connectivity index (χ1n) is 7.79. The molecule has 3 rings (SSSR count). The molecule has 130 valence electrons. The maximum absolute atomic E-state index is 12.7. The zero-order valence-corrected chi connectivity index (χ0v) is 15.4. The van der Waals surface area contributed by atoms with Crippen LogP contribution in [0.15, 0.2) is 29.6 Å². The van der Waals surface area contributed by atoms with Gasteiger partial charge in [0.2, 0.25) is 0 Å². The van der Waals surface area contributed by atoms with Gasteiger partial charge in [0, 0.05) is 22.9 Å². The summed E-state index contributed by atoms with van der Waals surface area (Å²) in [6, 6.07) is 5.19. The summed E-state index contributed by atoms with van der Waals surface area (Å²) in [4.78, 5) is 23.3. The minimum atomic E-state index is -1.38. The third-order valence-electron chi connectivity index (χ3n) is 4.10. The molecule has 0 saturated heterocycles. The highest BCUT2D eigenvalue weighted by Crippen LogP contribution is 2.25. The first kappa shape index (κ1) is 17.3. The number of aromatic nitrogens is 3. The number of hydrogen-bond acceptors (Lipinski definition) is 5. The van der Waals surface area contributed by atoms with Gasteiger partial charge in [-0.05, 0) is 39.0 Å². The number of nitrogens with one attached hydrogen (secondary N) is 1. The normalized spacial score (nSPS) is 12.3. The first-order valence-corrected chi connectivity index (χ1v) is 9.10. The van der Waals surface area contributed by atoms with Crippen molar-refractivity contribution in [3.05, 3.63) is 46.8 Å². The van der Waals surface area contributed by atoms with Crippen LogP contribution in [0.25, 0.3) is 11.0 Å². The number of pyridine rings is 1. The summed E-state index contributed by atoms with van der Waals surface area (Å²) in [6.45, 7) is 5.34. The lowest BCUT2D eigenvalue weighted by Gasteiger charge is -2.11. The summed E-state index contributed by atoms with van der Waals surface area (Å²) in [5.41, 5.74) is 4.50. The van der Waals surface area contributed by atoms with E-state index in [9.17, 15) is 9.00 Å². The van der Waals surface area contributed by atoms with Crippen LogP contribution in [0.1, 0.15) is 34.1 Å². The molecule has 2 aromatic heterocycles. The Kier molecular flexibility index (Phi) is 4.67. The Labute approximate surface area is 148 Å². The van der Waals surface area contributed by atoms with Crippen molar-refractivity contribution in [2.24, 2.45) is 0 Å². The van der Waals surface area contributed by atoms with Crippen molar-refractivity contribution in [1.82, 2.24) is 15.0 Å². The summed E-state index contributed by atoms with van der Waals surface area (Å²) in [6.07, 6.45) is 1.72. The fourth-order valence-corrected chi connectivity index (χ4v) is 3.82. The topological polar surface area (TPSA) is 84.9 Å². The Morgan fingerprint density at radius 2 is 2.08 bits per heavy atom. The second-order valence-corrected chi connectivity index (χ2v) is 7.23. The van der Waals surface area contributed by atoms with E-state index in [1.807, 2.05) is 13.8 Å². The molecule has 0 bridgehead atoms. The zero-order valence-electron chi connectivity index (χ0n) is 14.5. The van der Waals surface area contributed by atoms with Crippen LogP contribution >= 0.6 is 0 Å². The number of H-pyrrole nitrogens is 1. The van der Waals surface area contributed by atoms with Gasteiger partial charge >= 0.3 is 0 Å². The van der Waals surface area contributed by atoms with Crippen LogP contribution in [-0.4, -0.2) is 32.1 Å². The molecular weight excluding hydrogens is 338 g/mol. The minimum absolute atomic E-state index is 0.0225. The predicted molar refractivity (Wildman–Crippen MR) is 96.5 cm³/mol. The van der Waals surface area contributed by atoms with Gasteiger partial charge in [0.1, 0.15) is 5.75 Å². The van der Waals surface area contributed by atoms with E-state index in [2.05, 4.69) is 15.0 Å². The molecular formula is C18H19N3O3S. The number of aryl methyl sites for hydroxylation is 1. The summed E-state index contributed by atoms with van der Waals surface area (Å²) in [5, 5.41) is 0.372. The van der Waals surface area contributed by atoms with Crippen LogP contribution in [0, 0.1) is 13.8 Å². The first-order chi connectivity index (χ1) is 11.9. The smallest absolute Gasteiger partial charge is 0.197 e. The number of carbonyl (C=O) groups is 1. The summed E-state index contributed by atoms with van der Waals surface area (Å²) in [7, 11) is 0.232. The molecule has 7 heteroatoms. The monoisotopic (exact) mass is 357 g/mol. The molecule has 1 aromatic carbocycles. The van der Waals surface area contributed by atoms with E-state index in [4.69, 9.17) is 4.74 Å². The fourth-order valence-electron chi connectivity index (χ4n) is 2.72. The van der Waals surface area contributed by atoms with E-state index in [1.165, 1.54) is 6.92 Å². The lowest BCUT2D eigenvalue weighted by molar-refractivity contribution is 0.101. The molecule has 0 aliphatic rings. The number of Topliss-reactive ketones (excluding diaryl/α,β-unsaturated/α-hetero) is 1. The number of aromatic amines is 1. The highest BCUT2D eigenvalue weighted by atomic mass is 32.2. The second kappa shape index (κ2) is 6.76. The summed E-state index contributed by atoms with van der Waals surface area (Å²) in [5.74, 6) is 0.977. The highest BCUT2D eigenvalue weighted by Gasteiger charge is 2.16. The second-order valence-electron chi connectivity index (χ2n) is 5.87. The number of nitrogens with zero attached hydrogens (tertiary/aromatic N) is 2. The van der Waals surface area contributed by atoms with E-state index in [0.29, 0.717) is 27.4 Å². The number of hydrogen-bond donors (Lipinski definition) is 1.